The molecule has 2 rings (SSSR count). The molecule has 2 aromatic heterocycles. The van der Waals surface area contributed by atoms with Crippen LogP contribution in [0.5, 0.6) is 0 Å². The lowest BCUT2D eigenvalue weighted by molar-refractivity contribution is 0.147. The van der Waals surface area contributed by atoms with E-state index in [1.54, 1.807) is 12.4 Å². The van der Waals surface area contributed by atoms with E-state index >= 15 is 0 Å². The first-order valence-electron chi connectivity index (χ1n) is 6.62. The Labute approximate surface area is 113 Å². The first-order chi connectivity index (χ1) is 9.40. The van der Waals surface area contributed by atoms with E-state index in [1.165, 1.54) is 5.56 Å². The number of pyridine rings is 1. The third-order valence-electron chi connectivity index (χ3n) is 2.77. The van der Waals surface area contributed by atoms with Crippen LogP contribution in [0, 0.1) is 0 Å². The maximum atomic E-state index is 5.30. The van der Waals surface area contributed by atoms with Crippen LogP contribution in [0.2, 0.25) is 0 Å². The van der Waals surface area contributed by atoms with Gasteiger partial charge < -0.3 is 14.6 Å². The summed E-state index contributed by atoms with van der Waals surface area (Å²) in [7, 11) is 0. The van der Waals surface area contributed by atoms with Crippen LogP contribution in [0.15, 0.2) is 36.9 Å². The Hall–Kier alpha value is -1.88. The summed E-state index contributed by atoms with van der Waals surface area (Å²) < 4.78 is 7.40. The summed E-state index contributed by atoms with van der Waals surface area (Å²) in [5.41, 5.74) is 1.21. The zero-order chi connectivity index (χ0) is 13.3. The van der Waals surface area contributed by atoms with Gasteiger partial charge in [-0.05, 0) is 31.0 Å². The van der Waals surface area contributed by atoms with Crippen LogP contribution in [-0.2, 0) is 11.3 Å². The summed E-state index contributed by atoms with van der Waals surface area (Å²) in [6, 6.07) is 4.03. The number of nitrogens with zero attached hydrogens (tertiary/aromatic N) is 3. The molecule has 0 saturated heterocycles. The van der Waals surface area contributed by atoms with Crippen LogP contribution < -0.4 is 5.32 Å². The molecule has 0 aliphatic heterocycles. The molecule has 102 valence electrons. The monoisotopic (exact) mass is 260 g/mol. The highest BCUT2D eigenvalue weighted by Gasteiger charge is 2.02. The van der Waals surface area contributed by atoms with Crippen LogP contribution in [0.3, 0.4) is 0 Å². The Morgan fingerprint density at radius 2 is 2.11 bits per heavy atom. The van der Waals surface area contributed by atoms with Gasteiger partial charge in [0.2, 0.25) is 5.95 Å². The first-order valence-corrected chi connectivity index (χ1v) is 6.62. The smallest absolute Gasteiger partial charge is 0.203 e. The van der Waals surface area contributed by atoms with Gasteiger partial charge >= 0.3 is 0 Å². The summed E-state index contributed by atoms with van der Waals surface area (Å²) >= 11 is 0. The third-order valence-corrected chi connectivity index (χ3v) is 2.77. The fourth-order valence-electron chi connectivity index (χ4n) is 1.81. The van der Waals surface area contributed by atoms with Gasteiger partial charge in [0.1, 0.15) is 0 Å². The quantitative estimate of drug-likeness (QED) is 0.739. The molecule has 2 heterocycles. The lowest BCUT2D eigenvalue weighted by atomic mass is 10.3. The second-order valence-electron chi connectivity index (χ2n) is 4.21. The standard InChI is InChI=1S/C14H20N4O/c1-2-19-11-3-6-16-14-17-9-10-18(14)12-13-4-7-15-8-5-13/h4-5,7-10H,2-3,6,11-12H2,1H3,(H,16,17). The van der Waals surface area contributed by atoms with E-state index in [0.717, 1.165) is 38.7 Å². The molecule has 0 unspecified atom stereocenters. The van der Waals surface area contributed by atoms with Crippen molar-refractivity contribution in [3.8, 4) is 0 Å². The highest BCUT2D eigenvalue weighted by molar-refractivity contribution is 5.27. The van der Waals surface area contributed by atoms with Crippen LogP contribution >= 0.6 is 0 Å². The lowest BCUT2D eigenvalue weighted by Gasteiger charge is -2.09. The zero-order valence-corrected chi connectivity index (χ0v) is 11.2. The van der Waals surface area contributed by atoms with Crippen molar-refractivity contribution in [2.24, 2.45) is 0 Å². The Balaban J connectivity index is 1.84. The van der Waals surface area contributed by atoms with Crippen molar-refractivity contribution in [2.45, 2.75) is 19.9 Å². The van der Waals surface area contributed by atoms with Crippen molar-refractivity contribution < 1.29 is 4.74 Å². The third kappa shape index (κ3) is 4.37. The SMILES string of the molecule is CCOCCCNc1nccn1Cc1ccncc1. The van der Waals surface area contributed by atoms with E-state index in [0.29, 0.717) is 0 Å². The van der Waals surface area contributed by atoms with E-state index in [2.05, 4.69) is 19.9 Å². The highest BCUT2D eigenvalue weighted by Crippen LogP contribution is 2.08. The van der Waals surface area contributed by atoms with Crippen molar-refractivity contribution in [3.63, 3.8) is 0 Å². The maximum absolute atomic E-state index is 5.30. The van der Waals surface area contributed by atoms with E-state index in [-0.39, 0.29) is 0 Å². The van der Waals surface area contributed by atoms with E-state index in [9.17, 15) is 0 Å². The van der Waals surface area contributed by atoms with E-state index in [1.807, 2.05) is 31.5 Å². The number of imidazole rings is 1. The predicted octanol–water partition coefficient (Wildman–Crippen LogP) is 2.16. The summed E-state index contributed by atoms with van der Waals surface area (Å²) in [6.07, 6.45) is 8.39. The van der Waals surface area contributed by atoms with Crippen LogP contribution in [-0.4, -0.2) is 34.3 Å². The molecule has 19 heavy (non-hydrogen) atoms. The molecule has 0 spiro atoms. The Morgan fingerprint density at radius 1 is 1.26 bits per heavy atom. The number of nitrogens with one attached hydrogen (secondary N) is 1. The molecule has 1 N–H and O–H groups in total. The largest absolute Gasteiger partial charge is 0.382 e. The Morgan fingerprint density at radius 3 is 2.89 bits per heavy atom. The molecule has 0 radical (unpaired) electrons. The zero-order valence-electron chi connectivity index (χ0n) is 11.2. The van der Waals surface area contributed by atoms with Crippen LogP contribution in [0.25, 0.3) is 0 Å². The minimum absolute atomic E-state index is 0.774. The summed E-state index contributed by atoms with van der Waals surface area (Å²) in [4.78, 5) is 8.35. The van der Waals surface area contributed by atoms with Crippen molar-refractivity contribution in [3.05, 3.63) is 42.5 Å². The topological polar surface area (TPSA) is 52.0 Å². The molecule has 0 aliphatic carbocycles. The molecule has 2 aromatic rings. The van der Waals surface area contributed by atoms with Gasteiger partial charge in [0.15, 0.2) is 0 Å². The highest BCUT2D eigenvalue weighted by atomic mass is 16.5. The number of rotatable bonds is 8. The van der Waals surface area contributed by atoms with Gasteiger partial charge in [-0.2, -0.15) is 0 Å². The number of anilines is 1. The fourth-order valence-corrected chi connectivity index (χ4v) is 1.81. The summed E-state index contributed by atoms with van der Waals surface area (Å²) in [5, 5.41) is 3.33. The van der Waals surface area contributed by atoms with Gasteiger partial charge in [0.05, 0.1) is 6.54 Å². The van der Waals surface area contributed by atoms with E-state index < -0.39 is 0 Å². The number of aromatic nitrogens is 3. The van der Waals surface area contributed by atoms with Crippen LogP contribution in [0.1, 0.15) is 18.9 Å². The predicted molar refractivity (Wildman–Crippen MR) is 75.2 cm³/mol. The van der Waals surface area contributed by atoms with Crippen LogP contribution in [0.4, 0.5) is 5.95 Å². The Bertz CT molecular complexity index is 469. The van der Waals surface area contributed by atoms with Gasteiger partial charge in [-0.15, -0.1) is 0 Å². The van der Waals surface area contributed by atoms with Crippen molar-refractivity contribution in [2.75, 3.05) is 25.1 Å². The molecular formula is C14H20N4O. The molecule has 0 aliphatic rings. The minimum atomic E-state index is 0.774. The van der Waals surface area contributed by atoms with Crippen molar-refractivity contribution in [1.29, 1.82) is 0 Å². The summed E-state index contributed by atoms with van der Waals surface area (Å²) in [6.45, 7) is 5.24. The van der Waals surface area contributed by atoms with Gasteiger partial charge in [-0.3, -0.25) is 4.98 Å². The molecule has 0 fully saturated rings. The number of ether oxygens (including phenoxy) is 1. The molecule has 0 atom stereocenters. The summed E-state index contributed by atoms with van der Waals surface area (Å²) in [5.74, 6) is 0.897. The number of hydrogen-bond donors (Lipinski definition) is 1. The molecule has 0 saturated carbocycles. The van der Waals surface area contributed by atoms with Gasteiger partial charge in [-0.1, -0.05) is 0 Å². The first kappa shape index (κ1) is 13.5. The maximum Gasteiger partial charge on any atom is 0.203 e. The van der Waals surface area contributed by atoms with Crippen molar-refractivity contribution >= 4 is 5.95 Å². The van der Waals surface area contributed by atoms with Crippen molar-refractivity contribution in [1.82, 2.24) is 14.5 Å². The lowest BCUT2D eigenvalue weighted by Crippen LogP contribution is -2.11. The fraction of sp³-hybridized carbons (Fsp3) is 0.429. The number of hydrogen-bond acceptors (Lipinski definition) is 4. The molecule has 5 heteroatoms. The van der Waals surface area contributed by atoms with Gasteiger partial charge in [0, 0.05) is 44.5 Å². The van der Waals surface area contributed by atoms with Gasteiger partial charge in [-0.25, -0.2) is 4.98 Å². The Kier molecular flexibility index (Phi) is 5.37. The molecule has 5 nitrogen and oxygen atoms in total. The second-order valence-corrected chi connectivity index (χ2v) is 4.21. The molecule has 0 amide bonds. The average Bonchev–Trinajstić information content (AvgIpc) is 2.87. The minimum Gasteiger partial charge on any atom is -0.382 e. The molecule has 0 aromatic carbocycles. The van der Waals surface area contributed by atoms with E-state index in [4.69, 9.17) is 4.74 Å². The average molecular weight is 260 g/mol. The second kappa shape index (κ2) is 7.53. The normalized spacial score (nSPS) is 10.6. The molecular weight excluding hydrogens is 240 g/mol. The van der Waals surface area contributed by atoms with Gasteiger partial charge in [0.25, 0.3) is 0 Å². The molecule has 0 bridgehead atoms.